The van der Waals surface area contributed by atoms with E-state index in [2.05, 4.69) is 0 Å². The van der Waals surface area contributed by atoms with E-state index in [1.807, 2.05) is 0 Å². The summed E-state index contributed by atoms with van der Waals surface area (Å²) in [5, 5.41) is 9.32. The van der Waals surface area contributed by atoms with Crippen molar-refractivity contribution in [2.45, 2.75) is 25.0 Å². The number of carbonyl (C=O) groups is 3. The molecule has 0 radical (unpaired) electrons. The normalized spacial score (nSPS) is 35.1. The molecule has 2 bridgehead atoms. The lowest BCUT2D eigenvalue weighted by Gasteiger charge is -2.34. The molecule has 21 heavy (non-hydrogen) atoms. The Morgan fingerprint density at radius 2 is 1.67 bits per heavy atom. The number of carbonyl (C=O) groups excluding carboxylic acids is 2. The molecule has 0 aromatic carbocycles. The first kappa shape index (κ1) is 14.1. The first-order valence-corrected chi connectivity index (χ1v) is 7.13. The van der Waals surface area contributed by atoms with Crippen LogP contribution in [0.3, 0.4) is 0 Å². The number of ether oxygens (including phenoxy) is 1. The molecule has 0 aromatic heterocycles. The molecule has 0 saturated carbocycles. The number of aliphatic carboxylic acids is 1. The fraction of sp³-hybridized carbons (Fsp3) is 0.643. The molecule has 3 aliphatic heterocycles. The molecule has 0 aliphatic carbocycles. The predicted molar refractivity (Wildman–Crippen MR) is 70.9 cm³/mol. The highest BCUT2D eigenvalue weighted by Gasteiger charge is 2.54. The number of piperidine rings is 1. The van der Waals surface area contributed by atoms with Crippen molar-refractivity contribution in [3.8, 4) is 0 Å². The van der Waals surface area contributed by atoms with E-state index in [1.165, 1.54) is 0 Å². The number of hydrogen-bond donors (Lipinski definition) is 2. The highest BCUT2D eigenvalue weighted by molar-refractivity contribution is 5.87. The van der Waals surface area contributed by atoms with Crippen LogP contribution in [0.5, 0.6) is 0 Å². The zero-order valence-corrected chi connectivity index (χ0v) is 11.5. The van der Waals surface area contributed by atoms with Gasteiger partial charge in [-0.15, -0.1) is 0 Å². The quantitative estimate of drug-likeness (QED) is 0.673. The van der Waals surface area contributed by atoms with E-state index < -0.39 is 30.0 Å². The van der Waals surface area contributed by atoms with Crippen LogP contribution in [0.15, 0.2) is 12.2 Å². The van der Waals surface area contributed by atoms with Gasteiger partial charge in [-0.05, 0) is 12.8 Å². The van der Waals surface area contributed by atoms with Crippen LogP contribution in [-0.4, -0.2) is 53.1 Å². The summed E-state index contributed by atoms with van der Waals surface area (Å²) in [4.78, 5) is 36.8. The SMILES string of the molecule is NC(=O)C1CCN(C(=O)[C@H]2[C@@H](C(=O)O)[C@H]3C=C[C@H]2O3)CC1. The average molecular weight is 294 g/mol. The van der Waals surface area contributed by atoms with E-state index in [4.69, 9.17) is 10.5 Å². The third-order valence-corrected chi connectivity index (χ3v) is 4.68. The van der Waals surface area contributed by atoms with Crippen LogP contribution >= 0.6 is 0 Å². The van der Waals surface area contributed by atoms with Crippen molar-refractivity contribution in [3.63, 3.8) is 0 Å². The van der Waals surface area contributed by atoms with Crippen LogP contribution in [0.1, 0.15) is 12.8 Å². The number of nitrogens with zero attached hydrogens (tertiary/aromatic N) is 1. The van der Waals surface area contributed by atoms with Gasteiger partial charge in [-0.3, -0.25) is 14.4 Å². The Morgan fingerprint density at radius 3 is 2.19 bits per heavy atom. The van der Waals surface area contributed by atoms with Gasteiger partial charge in [-0.25, -0.2) is 0 Å². The number of hydrogen-bond acceptors (Lipinski definition) is 4. The topological polar surface area (TPSA) is 110 Å². The summed E-state index contributed by atoms with van der Waals surface area (Å²) in [7, 11) is 0. The number of rotatable bonds is 3. The Balaban J connectivity index is 1.70. The zero-order valence-electron chi connectivity index (χ0n) is 11.5. The summed E-state index contributed by atoms with van der Waals surface area (Å²) in [6.07, 6.45) is 3.60. The van der Waals surface area contributed by atoms with E-state index >= 15 is 0 Å². The number of fused-ring (bicyclic) bond motifs is 2. The first-order valence-electron chi connectivity index (χ1n) is 7.13. The van der Waals surface area contributed by atoms with Gasteiger partial charge in [-0.1, -0.05) is 12.2 Å². The summed E-state index contributed by atoms with van der Waals surface area (Å²) < 4.78 is 5.52. The van der Waals surface area contributed by atoms with E-state index in [1.54, 1.807) is 17.1 Å². The third kappa shape index (κ3) is 2.31. The number of amides is 2. The van der Waals surface area contributed by atoms with Gasteiger partial charge in [0.05, 0.1) is 18.1 Å². The van der Waals surface area contributed by atoms with Crippen molar-refractivity contribution in [2.75, 3.05) is 13.1 Å². The summed E-state index contributed by atoms with van der Waals surface area (Å²) in [5.41, 5.74) is 5.27. The number of nitrogens with two attached hydrogens (primary N) is 1. The van der Waals surface area contributed by atoms with E-state index in [0.29, 0.717) is 25.9 Å². The van der Waals surface area contributed by atoms with Gasteiger partial charge in [-0.2, -0.15) is 0 Å². The molecule has 2 saturated heterocycles. The summed E-state index contributed by atoms with van der Waals surface area (Å²) in [5.74, 6) is -3.21. The van der Waals surface area contributed by atoms with Crippen LogP contribution < -0.4 is 5.73 Å². The molecule has 7 nitrogen and oxygen atoms in total. The van der Waals surface area contributed by atoms with Gasteiger partial charge >= 0.3 is 5.97 Å². The lowest BCUT2D eigenvalue weighted by Crippen LogP contribution is -2.48. The molecular formula is C14H18N2O5. The lowest BCUT2D eigenvalue weighted by molar-refractivity contribution is -0.150. The molecule has 3 heterocycles. The number of likely N-dealkylation sites (tertiary alicyclic amines) is 1. The van der Waals surface area contributed by atoms with Crippen molar-refractivity contribution < 1.29 is 24.2 Å². The maximum absolute atomic E-state index is 12.6. The monoisotopic (exact) mass is 294 g/mol. The van der Waals surface area contributed by atoms with E-state index in [0.717, 1.165) is 0 Å². The van der Waals surface area contributed by atoms with Gasteiger partial charge in [0, 0.05) is 19.0 Å². The second-order valence-corrected chi connectivity index (χ2v) is 5.84. The smallest absolute Gasteiger partial charge is 0.310 e. The Kier molecular flexibility index (Phi) is 3.44. The van der Waals surface area contributed by atoms with Gasteiger partial charge in [0.1, 0.15) is 5.92 Å². The molecular weight excluding hydrogens is 276 g/mol. The maximum atomic E-state index is 12.6. The molecule has 114 valence electrons. The molecule has 0 aromatic rings. The van der Waals surface area contributed by atoms with Crippen molar-refractivity contribution in [1.29, 1.82) is 0 Å². The van der Waals surface area contributed by atoms with E-state index in [9.17, 15) is 19.5 Å². The average Bonchev–Trinajstić information content (AvgIpc) is 3.07. The Hall–Kier alpha value is -1.89. The molecule has 0 spiro atoms. The van der Waals surface area contributed by atoms with Crippen molar-refractivity contribution in [3.05, 3.63) is 12.2 Å². The minimum absolute atomic E-state index is 0.192. The molecule has 3 rings (SSSR count). The molecule has 7 heteroatoms. The number of carboxylic acid groups (broad SMARTS) is 1. The number of primary amides is 1. The third-order valence-electron chi connectivity index (χ3n) is 4.68. The first-order chi connectivity index (χ1) is 9.99. The summed E-state index contributed by atoms with van der Waals surface area (Å²) in [6.45, 7) is 0.882. The molecule has 3 N–H and O–H groups in total. The molecule has 3 aliphatic rings. The van der Waals surface area contributed by atoms with Gasteiger partial charge in [0.2, 0.25) is 11.8 Å². The lowest BCUT2D eigenvalue weighted by atomic mass is 9.81. The summed E-state index contributed by atoms with van der Waals surface area (Å²) in [6, 6.07) is 0. The molecule has 4 atom stereocenters. The fourth-order valence-corrected chi connectivity index (χ4v) is 3.49. The van der Waals surface area contributed by atoms with Gasteiger partial charge in [0.15, 0.2) is 0 Å². The zero-order chi connectivity index (χ0) is 15.1. The van der Waals surface area contributed by atoms with E-state index in [-0.39, 0.29) is 17.7 Å². The molecule has 2 fully saturated rings. The fourth-order valence-electron chi connectivity index (χ4n) is 3.49. The minimum atomic E-state index is -1.00. The Morgan fingerprint density at radius 1 is 1.10 bits per heavy atom. The molecule has 2 amide bonds. The van der Waals surface area contributed by atoms with Crippen molar-refractivity contribution in [1.82, 2.24) is 4.90 Å². The van der Waals surface area contributed by atoms with Crippen LogP contribution in [0.2, 0.25) is 0 Å². The second kappa shape index (κ2) is 5.14. The van der Waals surface area contributed by atoms with Crippen molar-refractivity contribution >= 4 is 17.8 Å². The predicted octanol–water partition coefficient (Wildman–Crippen LogP) is -0.635. The van der Waals surface area contributed by atoms with Gasteiger partial charge < -0.3 is 20.5 Å². The second-order valence-electron chi connectivity index (χ2n) is 5.84. The Labute approximate surface area is 121 Å². The highest BCUT2D eigenvalue weighted by atomic mass is 16.5. The maximum Gasteiger partial charge on any atom is 0.310 e. The standard InChI is InChI=1S/C14H18N2O5/c15-12(17)7-3-5-16(6-4-7)13(18)10-8-1-2-9(21-8)11(10)14(19)20/h1-2,7-11H,3-6H2,(H2,15,17)(H,19,20)/t8-,9-,10-,11+/m1/s1. The molecule has 0 unspecified atom stereocenters. The van der Waals surface area contributed by atoms with Crippen molar-refractivity contribution in [2.24, 2.45) is 23.5 Å². The van der Waals surface area contributed by atoms with Crippen LogP contribution in [0.4, 0.5) is 0 Å². The Bertz CT molecular complexity index is 509. The largest absolute Gasteiger partial charge is 0.481 e. The van der Waals surface area contributed by atoms with Crippen LogP contribution in [-0.2, 0) is 19.1 Å². The van der Waals surface area contributed by atoms with Crippen LogP contribution in [0.25, 0.3) is 0 Å². The summed E-state index contributed by atoms with van der Waals surface area (Å²) >= 11 is 0. The number of carboxylic acids is 1. The van der Waals surface area contributed by atoms with Gasteiger partial charge in [0.25, 0.3) is 0 Å². The highest BCUT2D eigenvalue weighted by Crippen LogP contribution is 2.40. The minimum Gasteiger partial charge on any atom is -0.481 e. The van der Waals surface area contributed by atoms with Crippen LogP contribution in [0, 0.1) is 17.8 Å².